The molecule has 1 amide bonds. The Hall–Kier alpha value is -2.64. The summed E-state index contributed by atoms with van der Waals surface area (Å²) >= 11 is 0. The fourth-order valence-corrected chi connectivity index (χ4v) is 1.52. The van der Waals surface area contributed by atoms with E-state index in [-0.39, 0.29) is 5.69 Å². The standard InChI is InChI=1S/C13H11F3N4O/c1-2-17-12-6-18-11(5-19-12)13(21)20-10-4-8(15)7(14)3-9(10)16/h3-6H,2H2,1H3,(H,17,19)(H,20,21). The lowest BCUT2D eigenvalue weighted by Gasteiger charge is -2.07. The molecule has 1 aromatic carbocycles. The molecule has 0 unspecified atom stereocenters. The van der Waals surface area contributed by atoms with Crippen molar-refractivity contribution in [2.45, 2.75) is 6.92 Å². The molecule has 0 atom stereocenters. The van der Waals surface area contributed by atoms with Crippen molar-refractivity contribution in [1.29, 1.82) is 0 Å². The van der Waals surface area contributed by atoms with Gasteiger partial charge in [-0.25, -0.2) is 23.1 Å². The topological polar surface area (TPSA) is 66.9 Å². The van der Waals surface area contributed by atoms with Crippen LogP contribution in [0.3, 0.4) is 0 Å². The third-order valence-electron chi connectivity index (χ3n) is 2.50. The van der Waals surface area contributed by atoms with Crippen LogP contribution in [-0.2, 0) is 0 Å². The van der Waals surface area contributed by atoms with E-state index in [4.69, 9.17) is 0 Å². The van der Waals surface area contributed by atoms with Crippen molar-refractivity contribution in [2.75, 3.05) is 17.2 Å². The Balaban J connectivity index is 2.16. The van der Waals surface area contributed by atoms with E-state index in [0.717, 1.165) is 0 Å². The van der Waals surface area contributed by atoms with Crippen molar-refractivity contribution in [3.8, 4) is 0 Å². The van der Waals surface area contributed by atoms with Gasteiger partial charge in [-0.15, -0.1) is 0 Å². The number of nitrogens with one attached hydrogen (secondary N) is 2. The molecule has 8 heteroatoms. The van der Waals surface area contributed by atoms with Gasteiger partial charge in [0.25, 0.3) is 5.91 Å². The fraction of sp³-hybridized carbons (Fsp3) is 0.154. The molecule has 0 bridgehead atoms. The molecule has 0 saturated carbocycles. The van der Waals surface area contributed by atoms with E-state index in [1.807, 2.05) is 6.92 Å². The SMILES string of the molecule is CCNc1cnc(C(=O)Nc2cc(F)c(F)cc2F)cn1. The van der Waals surface area contributed by atoms with Gasteiger partial charge in [0.1, 0.15) is 17.3 Å². The van der Waals surface area contributed by atoms with Crippen LogP contribution in [0.1, 0.15) is 17.4 Å². The third-order valence-corrected chi connectivity index (χ3v) is 2.50. The summed E-state index contributed by atoms with van der Waals surface area (Å²) in [5.74, 6) is -3.98. The summed E-state index contributed by atoms with van der Waals surface area (Å²) < 4.78 is 39.2. The molecule has 0 fully saturated rings. The average Bonchev–Trinajstić information content (AvgIpc) is 2.46. The van der Waals surface area contributed by atoms with Gasteiger partial charge in [0, 0.05) is 18.7 Å². The number of carbonyl (C=O) groups excluding carboxylic acids is 1. The van der Waals surface area contributed by atoms with E-state index in [1.165, 1.54) is 12.4 Å². The average molecular weight is 296 g/mol. The Labute approximate surface area is 118 Å². The van der Waals surface area contributed by atoms with Crippen molar-refractivity contribution in [3.63, 3.8) is 0 Å². The van der Waals surface area contributed by atoms with E-state index in [9.17, 15) is 18.0 Å². The number of carbonyl (C=O) groups is 1. The number of aromatic nitrogens is 2. The van der Waals surface area contributed by atoms with E-state index >= 15 is 0 Å². The summed E-state index contributed by atoms with van der Waals surface area (Å²) in [7, 11) is 0. The first-order valence-electron chi connectivity index (χ1n) is 6.03. The first-order valence-corrected chi connectivity index (χ1v) is 6.03. The number of hydrogen-bond acceptors (Lipinski definition) is 4. The van der Waals surface area contributed by atoms with E-state index < -0.39 is 29.0 Å². The largest absolute Gasteiger partial charge is 0.369 e. The second-order valence-corrected chi connectivity index (χ2v) is 4.02. The lowest BCUT2D eigenvalue weighted by molar-refractivity contribution is 0.102. The van der Waals surface area contributed by atoms with Crippen LogP contribution < -0.4 is 10.6 Å². The smallest absolute Gasteiger partial charge is 0.275 e. The van der Waals surface area contributed by atoms with Gasteiger partial charge in [0.15, 0.2) is 11.6 Å². The maximum atomic E-state index is 13.4. The summed E-state index contributed by atoms with van der Waals surface area (Å²) in [5.41, 5.74) is -0.558. The van der Waals surface area contributed by atoms with E-state index in [0.29, 0.717) is 24.5 Å². The van der Waals surface area contributed by atoms with Gasteiger partial charge in [-0.2, -0.15) is 0 Å². The fourth-order valence-electron chi connectivity index (χ4n) is 1.52. The Kier molecular flexibility index (Phi) is 4.36. The maximum absolute atomic E-state index is 13.4. The molecular formula is C13H11F3N4O. The molecule has 110 valence electrons. The van der Waals surface area contributed by atoms with E-state index in [2.05, 4.69) is 20.6 Å². The number of amides is 1. The monoisotopic (exact) mass is 296 g/mol. The molecule has 2 aromatic rings. The number of halogens is 3. The molecule has 0 radical (unpaired) electrons. The highest BCUT2D eigenvalue weighted by Gasteiger charge is 2.14. The maximum Gasteiger partial charge on any atom is 0.275 e. The first-order chi connectivity index (χ1) is 10.0. The zero-order chi connectivity index (χ0) is 15.4. The van der Waals surface area contributed by atoms with Crippen molar-refractivity contribution >= 4 is 17.4 Å². The van der Waals surface area contributed by atoms with Crippen molar-refractivity contribution in [1.82, 2.24) is 9.97 Å². The van der Waals surface area contributed by atoms with Crippen LogP contribution in [0.4, 0.5) is 24.7 Å². The summed E-state index contributed by atoms with van der Waals surface area (Å²) in [5, 5.41) is 4.99. The molecule has 2 rings (SSSR count). The van der Waals surface area contributed by atoms with Gasteiger partial charge in [0.2, 0.25) is 0 Å². The highest BCUT2D eigenvalue weighted by Crippen LogP contribution is 2.19. The molecule has 0 aliphatic heterocycles. The quantitative estimate of drug-likeness (QED) is 0.851. The van der Waals surface area contributed by atoms with Crippen LogP contribution in [0, 0.1) is 17.5 Å². The van der Waals surface area contributed by atoms with E-state index in [1.54, 1.807) is 0 Å². The first kappa shape index (κ1) is 14.8. The Morgan fingerprint density at radius 2 is 1.81 bits per heavy atom. The molecule has 0 aliphatic carbocycles. The second kappa shape index (κ2) is 6.21. The molecule has 5 nitrogen and oxygen atoms in total. The molecule has 21 heavy (non-hydrogen) atoms. The van der Waals surface area contributed by atoms with Gasteiger partial charge in [-0.05, 0) is 6.92 Å². The molecule has 1 heterocycles. The summed E-state index contributed by atoms with van der Waals surface area (Å²) in [4.78, 5) is 19.6. The number of nitrogens with zero attached hydrogens (tertiary/aromatic N) is 2. The predicted octanol–water partition coefficient (Wildman–Crippen LogP) is 2.58. The number of benzene rings is 1. The zero-order valence-corrected chi connectivity index (χ0v) is 11.0. The molecule has 0 aliphatic rings. The Morgan fingerprint density at radius 1 is 1.10 bits per heavy atom. The number of hydrogen-bond donors (Lipinski definition) is 2. The van der Waals surface area contributed by atoms with Crippen molar-refractivity contribution in [3.05, 3.63) is 47.7 Å². The number of rotatable bonds is 4. The van der Waals surface area contributed by atoms with Gasteiger partial charge in [-0.3, -0.25) is 4.79 Å². The molecule has 1 aromatic heterocycles. The molecule has 0 saturated heterocycles. The minimum absolute atomic E-state index is 0.0826. The van der Waals surface area contributed by atoms with Crippen molar-refractivity contribution in [2.24, 2.45) is 0 Å². The van der Waals surface area contributed by atoms with Crippen LogP contribution in [0.2, 0.25) is 0 Å². The Morgan fingerprint density at radius 3 is 2.43 bits per heavy atom. The highest BCUT2D eigenvalue weighted by molar-refractivity contribution is 6.02. The molecule has 0 spiro atoms. The number of anilines is 2. The Bertz CT molecular complexity index is 661. The minimum Gasteiger partial charge on any atom is -0.369 e. The van der Waals surface area contributed by atoms with Crippen molar-refractivity contribution < 1.29 is 18.0 Å². The highest BCUT2D eigenvalue weighted by atomic mass is 19.2. The third kappa shape index (κ3) is 3.47. The lowest BCUT2D eigenvalue weighted by atomic mass is 10.2. The summed E-state index contributed by atoms with van der Waals surface area (Å²) in [6, 6.07) is 0.911. The van der Waals surface area contributed by atoms with Gasteiger partial charge < -0.3 is 10.6 Å². The zero-order valence-electron chi connectivity index (χ0n) is 11.0. The van der Waals surface area contributed by atoms with Gasteiger partial charge >= 0.3 is 0 Å². The predicted molar refractivity (Wildman–Crippen MR) is 70.5 cm³/mol. The molecular weight excluding hydrogens is 285 g/mol. The van der Waals surface area contributed by atoms with Crippen LogP contribution in [0.25, 0.3) is 0 Å². The summed E-state index contributed by atoms with van der Waals surface area (Å²) in [6.07, 6.45) is 2.52. The van der Waals surface area contributed by atoms with Crippen LogP contribution >= 0.6 is 0 Å². The van der Waals surface area contributed by atoms with Gasteiger partial charge in [0.05, 0.1) is 18.1 Å². The van der Waals surface area contributed by atoms with Crippen LogP contribution in [0.5, 0.6) is 0 Å². The second-order valence-electron chi connectivity index (χ2n) is 4.02. The van der Waals surface area contributed by atoms with Gasteiger partial charge in [-0.1, -0.05) is 0 Å². The molecule has 2 N–H and O–H groups in total. The summed E-state index contributed by atoms with van der Waals surface area (Å²) in [6.45, 7) is 2.51. The minimum atomic E-state index is -1.33. The lowest BCUT2D eigenvalue weighted by Crippen LogP contribution is -2.16. The van der Waals surface area contributed by atoms with Crippen LogP contribution in [0.15, 0.2) is 24.5 Å². The normalized spacial score (nSPS) is 10.3. The van der Waals surface area contributed by atoms with Crippen LogP contribution in [-0.4, -0.2) is 22.4 Å².